The molecule has 1 unspecified atom stereocenters. The number of carboxylic acid groups (broad SMARTS) is 1. The summed E-state index contributed by atoms with van der Waals surface area (Å²) < 4.78 is 0. The number of rotatable bonds is 6. The van der Waals surface area contributed by atoms with Crippen LogP contribution in [0.15, 0.2) is 18.3 Å². The van der Waals surface area contributed by atoms with Crippen molar-refractivity contribution in [3.05, 3.63) is 29.6 Å². The van der Waals surface area contributed by atoms with Gasteiger partial charge in [-0.15, -0.1) is 0 Å². The van der Waals surface area contributed by atoms with Crippen LogP contribution in [0.25, 0.3) is 0 Å². The van der Waals surface area contributed by atoms with Gasteiger partial charge in [0.15, 0.2) is 0 Å². The van der Waals surface area contributed by atoms with Crippen molar-refractivity contribution < 1.29 is 14.7 Å². The Balaban J connectivity index is 2.62. The molecule has 6 heteroatoms. The number of nitrogens with two attached hydrogens (primary N) is 1. The fourth-order valence-corrected chi connectivity index (χ4v) is 1.53. The minimum Gasteiger partial charge on any atom is -0.478 e. The van der Waals surface area contributed by atoms with Crippen LogP contribution in [0.4, 0.5) is 0 Å². The molecule has 1 amide bonds. The predicted molar refractivity (Wildman–Crippen MR) is 65.9 cm³/mol. The van der Waals surface area contributed by atoms with Crippen LogP contribution in [0.3, 0.4) is 0 Å². The maximum absolute atomic E-state index is 11.2. The van der Waals surface area contributed by atoms with Crippen molar-refractivity contribution in [2.45, 2.75) is 26.4 Å². The lowest BCUT2D eigenvalue weighted by Gasteiger charge is -2.18. The van der Waals surface area contributed by atoms with Crippen LogP contribution in [0.1, 0.15) is 29.9 Å². The summed E-state index contributed by atoms with van der Waals surface area (Å²) in [7, 11) is 0. The van der Waals surface area contributed by atoms with E-state index in [1.165, 1.54) is 12.3 Å². The molecular weight excluding hydrogens is 234 g/mol. The standard InChI is InChI=1S/C12H17N3O3/c1-7(2)10(11(13)16)15-6-9-4-3-8(5-14-9)12(17)18/h3-5,7,10,15H,6H2,1-2H3,(H2,13,16)(H,17,18). The number of aromatic nitrogens is 1. The number of aromatic carboxylic acids is 1. The molecule has 1 atom stereocenters. The molecule has 1 heterocycles. The van der Waals surface area contributed by atoms with Crippen molar-refractivity contribution in [1.29, 1.82) is 0 Å². The van der Waals surface area contributed by atoms with Gasteiger partial charge < -0.3 is 10.8 Å². The Morgan fingerprint density at radius 2 is 2.11 bits per heavy atom. The van der Waals surface area contributed by atoms with E-state index < -0.39 is 17.9 Å². The Kier molecular flexibility index (Phi) is 4.79. The number of nitrogens with zero attached hydrogens (tertiary/aromatic N) is 1. The summed E-state index contributed by atoms with van der Waals surface area (Å²) in [6, 6.07) is 2.65. The van der Waals surface area contributed by atoms with E-state index in [4.69, 9.17) is 10.8 Å². The molecule has 1 aromatic rings. The Labute approximate surface area is 105 Å². The fourth-order valence-electron chi connectivity index (χ4n) is 1.53. The smallest absolute Gasteiger partial charge is 0.337 e. The van der Waals surface area contributed by atoms with Gasteiger partial charge in [-0.3, -0.25) is 15.1 Å². The molecule has 0 saturated carbocycles. The van der Waals surface area contributed by atoms with E-state index in [1.54, 1.807) is 6.07 Å². The molecule has 1 rings (SSSR count). The summed E-state index contributed by atoms with van der Waals surface area (Å²) in [5.41, 5.74) is 6.06. The lowest BCUT2D eigenvalue weighted by Crippen LogP contribution is -2.44. The average Bonchev–Trinajstić information content (AvgIpc) is 2.28. The van der Waals surface area contributed by atoms with Crippen LogP contribution in [0.2, 0.25) is 0 Å². The molecule has 0 spiro atoms. The maximum atomic E-state index is 11.2. The molecule has 0 aromatic carbocycles. The van der Waals surface area contributed by atoms with Crippen LogP contribution in [-0.4, -0.2) is 28.0 Å². The first-order valence-corrected chi connectivity index (χ1v) is 5.62. The van der Waals surface area contributed by atoms with E-state index in [-0.39, 0.29) is 11.5 Å². The molecular formula is C12H17N3O3. The first-order chi connectivity index (χ1) is 8.41. The Morgan fingerprint density at radius 3 is 2.50 bits per heavy atom. The summed E-state index contributed by atoms with van der Waals surface area (Å²) in [5.74, 6) is -1.34. The van der Waals surface area contributed by atoms with Gasteiger partial charge in [0.25, 0.3) is 0 Å². The Hall–Kier alpha value is -1.95. The molecule has 0 radical (unpaired) electrons. The number of hydrogen-bond donors (Lipinski definition) is 3. The van der Waals surface area contributed by atoms with Gasteiger partial charge in [0.2, 0.25) is 5.91 Å². The van der Waals surface area contributed by atoms with E-state index in [0.29, 0.717) is 12.2 Å². The number of nitrogens with one attached hydrogen (secondary N) is 1. The number of pyridine rings is 1. The number of hydrogen-bond acceptors (Lipinski definition) is 4. The van der Waals surface area contributed by atoms with Gasteiger partial charge in [-0.2, -0.15) is 0 Å². The summed E-state index contributed by atoms with van der Waals surface area (Å²) >= 11 is 0. The molecule has 4 N–H and O–H groups in total. The predicted octanol–water partition coefficient (Wildman–Crippen LogP) is 0.379. The molecule has 0 saturated heterocycles. The fraction of sp³-hybridized carbons (Fsp3) is 0.417. The molecule has 98 valence electrons. The Bertz CT molecular complexity index is 429. The zero-order chi connectivity index (χ0) is 13.7. The van der Waals surface area contributed by atoms with Crippen molar-refractivity contribution in [3.8, 4) is 0 Å². The number of carbonyl (C=O) groups excluding carboxylic acids is 1. The van der Waals surface area contributed by atoms with E-state index in [1.807, 2.05) is 13.8 Å². The molecule has 0 aliphatic heterocycles. The van der Waals surface area contributed by atoms with Crippen LogP contribution in [0, 0.1) is 5.92 Å². The second-order valence-corrected chi connectivity index (χ2v) is 4.35. The number of primary amides is 1. The molecule has 0 bridgehead atoms. The zero-order valence-corrected chi connectivity index (χ0v) is 10.4. The van der Waals surface area contributed by atoms with Gasteiger partial charge in [0.1, 0.15) is 0 Å². The third-order valence-electron chi connectivity index (χ3n) is 2.55. The lowest BCUT2D eigenvalue weighted by molar-refractivity contribution is -0.121. The third kappa shape index (κ3) is 3.81. The van der Waals surface area contributed by atoms with Gasteiger partial charge >= 0.3 is 5.97 Å². The Morgan fingerprint density at radius 1 is 1.44 bits per heavy atom. The van der Waals surface area contributed by atoms with Crippen LogP contribution >= 0.6 is 0 Å². The molecule has 0 fully saturated rings. The van der Waals surface area contributed by atoms with Crippen LogP contribution in [-0.2, 0) is 11.3 Å². The summed E-state index contributed by atoms with van der Waals surface area (Å²) in [4.78, 5) is 25.8. The molecule has 0 aliphatic rings. The second-order valence-electron chi connectivity index (χ2n) is 4.35. The van der Waals surface area contributed by atoms with Gasteiger partial charge in [0, 0.05) is 12.7 Å². The van der Waals surface area contributed by atoms with E-state index in [9.17, 15) is 9.59 Å². The highest BCUT2D eigenvalue weighted by Gasteiger charge is 2.18. The minimum absolute atomic E-state index is 0.0841. The zero-order valence-electron chi connectivity index (χ0n) is 10.4. The van der Waals surface area contributed by atoms with Gasteiger partial charge in [-0.25, -0.2) is 4.79 Å². The highest BCUT2D eigenvalue weighted by atomic mass is 16.4. The molecule has 18 heavy (non-hydrogen) atoms. The highest BCUT2D eigenvalue weighted by Crippen LogP contribution is 2.04. The monoisotopic (exact) mass is 251 g/mol. The largest absolute Gasteiger partial charge is 0.478 e. The van der Waals surface area contributed by atoms with Crippen molar-refractivity contribution in [3.63, 3.8) is 0 Å². The third-order valence-corrected chi connectivity index (χ3v) is 2.55. The van der Waals surface area contributed by atoms with E-state index in [2.05, 4.69) is 10.3 Å². The average molecular weight is 251 g/mol. The van der Waals surface area contributed by atoms with Crippen LogP contribution in [0.5, 0.6) is 0 Å². The number of amides is 1. The summed E-state index contributed by atoms with van der Waals surface area (Å²) in [5, 5.41) is 11.7. The van der Waals surface area contributed by atoms with Crippen molar-refractivity contribution in [2.24, 2.45) is 11.7 Å². The van der Waals surface area contributed by atoms with Crippen molar-refractivity contribution in [1.82, 2.24) is 10.3 Å². The summed E-state index contributed by atoms with van der Waals surface area (Å²) in [6.07, 6.45) is 1.29. The SMILES string of the molecule is CC(C)C(NCc1ccc(C(=O)O)cn1)C(N)=O. The van der Waals surface area contributed by atoms with E-state index >= 15 is 0 Å². The topological polar surface area (TPSA) is 105 Å². The molecule has 0 aliphatic carbocycles. The highest BCUT2D eigenvalue weighted by molar-refractivity contribution is 5.87. The lowest BCUT2D eigenvalue weighted by atomic mass is 10.0. The van der Waals surface area contributed by atoms with Crippen LogP contribution < -0.4 is 11.1 Å². The van der Waals surface area contributed by atoms with Gasteiger partial charge in [0.05, 0.1) is 17.3 Å². The quantitative estimate of drug-likeness (QED) is 0.677. The first-order valence-electron chi connectivity index (χ1n) is 5.62. The number of carbonyl (C=O) groups is 2. The maximum Gasteiger partial charge on any atom is 0.337 e. The second kappa shape index (κ2) is 6.11. The van der Waals surface area contributed by atoms with Gasteiger partial charge in [-0.05, 0) is 18.1 Å². The molecule has 1 aromatic heterocycles. The van der Waals surface area contributed by atoms with Crippen molar-refractivity contribution in [2.75, 3.05) is 0 Å². The van der Waals surface area contributed by atoms with Gasteiger partial charge in [-0.1, -0.05) is 13.8 Å². The first kappa shape index (κ1) is 14.1. The van der Waals surface area contributed by atoms with E-state index in [0.717, 1.165) is 0 Å². The number of carboxylic acids is 1. The summed E-state index contributed by atoms with van der Waals surface area (Å²) in [6.45, 7) is 4.15. The normalized spacial score (nSPS) is 12.4. The minimum atomic E-state index is -1.01. The molecule has 6 nitrogen and oxygen atoms in total. The van der Waals surface area contributed by atoms with Crippen molar-refractivity contribution >= 4 is 11.9 Å².